The van der Waals surface area contributed by atoms with E-state index in [1.54, 1.807) is 21.3 Å². The summed E-state index contributed by atoms with van der Waals surface area (Å²) in [5.74, 6) is 3.05. The van der Waals surface area contributed by atoms with Crippen LogP contribution in [0.15, 0.2) is 24.3 Å². The van der Waals surface area contributed by atoms with E-state index in [9.17, 15) is 0 Å². The van der Waals surface area contributed by atoms with Gasteiger partial charge < -0.3 is 37.9 Å². The second-order valence-corrected chi connectivity index (χ2v) is 12.1. The molecule has 4 rings (SSSR count). The van der Waals surface area contributed by atoms with Gasteiger partial charge >= 0.3 is 0 Å². The molecule has 252 valence electrons. The highest BCUT2D eigenvalue weighted by atomic mass is 16.7. The molecule has 45 heavy (non-hydrogen) atoms. The lowest BCUT2D eigenvalue weighted by molar-refractivity contribution is -0.183. The van der Waals surface area contributed by atoms with E-state index in [4.69, 9.17) is 37.9 Å². The summed E-state index contributed by atoms with van der Waals surface area (Å²) in [6, 6.07) is 7.87. The van der Waals surface area contributed by atoms with Crippen LogP contribution in [0.5, 0.6) is 28.7 Å². The van der Waals surface area contributed by atoms with Crippen LogP contribution in [0.2, 0.25) is 0 Å². The molecule has 2 aliphatic heterocycles. The van der Waals surface area contributed by atoms with Gasteiger partial charge in [0.15, 0.2) is 29.3 Å². The molecule has 0 saturated carbocycles. The van der Waals surface area contributed by atoms with E-state index >= 15 is 0 Å². The van der Waals surface area contributed by atoms with Gasteiger partial charge in [0, 0.05) is 12.2 Å². The van der Waals surface area contributed by atoms with Gasteiger partial charge in [0.05, 0.1) is 34.5 Å². The normalized spacial score (nSPS) is 15.3. The number of fused-ring (bicyclic) bond motifs is 1. The van der Waals surface area contributed by atoms with E-state index in [0.717, 1.165) is 36.0 Å². The van der Waals surface area contributed by atoms with E-state index < -0.39 is 12.4 Å². The van der Waals surface area contributed by atoms with Crippen molar-refractivity contribution in [1.82, 2.24) is 0 Å². The van der Waals surface area contributed by atoms with Crippen molar-refractivity contribution < 1.29 is 37.9 Å². The van der Waals surface area contributed by atoms with Crippen LogP contribution >= 0.6 is 0 Å². The Labute approximate surface area is 271 Å². The largest absolute Gasteiger partial charge is 0.493 e. The van der Waals surface area contributed by atoms with Crippen molar-refractivity contribution in [3.8, 4) is 28.7 Å². The summed E-state index contributed by atoms with van der Waals surface area (Å²) < 4.78 is 47.4. The standard InChI is InChI=1S/C37H56O8/c1-5-6-7-8-9-10-11-12-13-14-15-16-17-18-20-41-35(28-23-33(38-2)36(40-4)34(24-28)39-3)29-25-31-32(45-27-44-31)26-30(29)37-42-21-19-22-43-37/h23-26,35,37H,5-22,27H2,1-4H3. The molecule has 0 amide bonds. The van der Waals surface area contributed by atoms with Gasteiger partial charge in [0.1, 0.15) is 6.10 Å². The fraction of sp³-hybridized carbons (Fsp3) is 0.676. The van der Waals surface area contributed by atoms with Crippen molar-refractivity contribution in [3.05, 3.63) is 41.0 Å². The van der Waals surface area contributed by atoms with Crippen LogP contribution in [0.1, 0.15) is 132 Å². The Morgan fingerprint density at radius 3 is 1.73 bits per heavy atom. The summed E-state index contributed by atoms with van der Waals surface area (Å²) in [5, 5.41) is 0. The lowest BCUT2D eigenvalue weighted by Crippen LogP contribution is -2.21. The van der Waals surface area contributed by atoms with E-state index in [1.807, 2.05) is 24.3 Å². The predicted octanol–water partition coefficient (Wildman–Crippen LogP) is 9.46. The molecular formula is C37H56O8. The quantitative estimate of drug-likeness (QED) is 0.119. The highest BCUT2D eigenvalue weighted by Crippen LogP contribution is 2.46. The van der Waals surface area contributed by atoms with Gasteiger partial charge in [0.25, 0.3) is 0 Å². The zero-order valence-electron chi connectivity index (χ0n) is 28.2. The number of ether oxygens (including phenoxy) is 8. The lowest BCUT2D eigenvalue weighted by Gasteiger charge is -2.29. The maximum absolute atomic E-state index is 6.73. The summed E-state index contributed by atoms with van der Waals surface area (Å²) >= 11 is 0. The van der Waals surface area contributed by atoms with Crippen LogP contribution in [0.25, 0.3) is 0 Å². The van der Waals surface area contributed by atoms with E-state index in [0.29, 0.717) is 48.6 Å². The van der Waals surface area contributed by atoms with E-state index in [2.05, 4.69) is 6.92 Å². The Balaban J connectivity index is 1.39. The fourth-order valence-electron chi connectivity index (χ4n) is 6.19. The SMILES string of the molecule is CCCCCCCCCCCCCCCCOC(c1cc(OC)c(OC)c(OC)c1)c1cc2c(cc1C1OCCCO1)OCO2. The topological polar surface area (TPSA) is 73.8 Å². The molecule has 0 N–H and O–H groups in total. The smallest absolute Gasteiger partial charge is 0.231 e. The molecular weight excluding hydrogens is 572 g/mol. The number of hydrogen-bond donors (Lipinski definition) is 0. The number of unbranched alkanes of at least 4 members (excludes halogenated alkanes) is 13. The zero-order valence-corrected chi connectivity index (χ0v) is 28.2. The molecule has 1 fully saturated rings. The molecule has 0 aliphatic carbocycles. The summed E-state index contributed by atoms with van der Waals surface area (Å²) in [7, 11) is 4.86. The van der Waals surface area contributed by atoms with Gasteiger partial charge in [-0.15, -0.1) is 0 Å². The van der Waals surface area contributed by atoms with Crippen LogP contribution in [0.4, 0.5) is 0 Å². The van der Waals surface area contributed by atoms with Crippen LogP contribution in [-0.4, -0.2) is 47.9 Å². The monoisotopic (exact) mass is 628 g/mol. The molecule has 8 nitrogen and oxygen atoms in total. The first kappa shape index (κ1) is 35.2. The summed E-state index contributed by atoms with van der Waals surface area (Å²) in [6.07, 6.45) is 18.3. The van der Waals surface area contributed by atoms with E-state index in [1.165, 1.54) is 77.0 Å². The van der Waals surface area contributed by atoms with Crippen molar-refractivity contribution in [1.29, 1.82) is 0 Å². The van der Waals surface area contributed by atoms with E-state index in [-0.39, 0.29) is 6.79 Å². The third kappa shape index (κ3) is 10.4. The Morgan fingerprint density at radius 1 is 0.667 bits per heavy atom. The van der Waals surface area contributed by atoms with Gasteiger partial charge in [-0.25, -0.2) is 0 Å². The maximum Gasteiger partial charge on any atom is 0.231 e. The zero-order chi connectivity index (χ0) is 31.7. The van der Waals surface area contributed by atoms with Crippen molar-refractivity contribution in [2.75, 3.05) is 47.9 Å². The third-order valence-corrected chi connectivity index (χ3v) is 8.71. The summed E-state index contributed by atoms with van der Waals surface area (Å²) in [6.45, 7) is 4.33. The van der Waals surface area contributed by atoms with Crippen molar-refractivity contribution in [2.24, 2.45) is 0 Å². The Bertz CT molecular complexity index is 1100. The Hall–Kier alpha value is -2.68. The maximum atomic E-state index is 6.73. The molecule has 1 atom stereocenters. The average molecular weight is 629 g/mol. The highest BCUT2D eigenvalue weighted by molar-refractivity contribution is 5.57. The number of rotatable bonds is 22. The molecule has 2 heterocycles. The predicted molar refractivity (Wildman–Crippen MR) is 176 cm³/mol. The fourth-order valence-corrected chi connectivity index (χ4v) is 6.19. The second-order valence-electron chi connectivity index (χ2n) is 12.1. The first-order valence-corrected chi connectivity index (χ1v) is 17.3. The summed E-state index contributed by atoms with van der Waals surface area (Å²) in [5.41, 5.74) is 2.66. The Kier molecular flexibility index (Phi) is 15.4. The molecule has 2 aromatic rings. The molecule has 1 saturated heterocycles. The van der Waals surface area contributed by atoms with Gasteiger partial charge in [-0.2, -0.15) is 0 Å². The molecule has 0 radical (unpaired) electrons. The lowest BCUT2D eigenvalue weighted by atomic mass is 9.94. The minimum atomic E-state index is -0.516. The molecule has 2 aromatic carbocycles. The molecule has 2 aliphatic rings. The number of methoxy groups -OCH3 is 3. The average Bonchev–Trinajstić information content (AvgIpc) is 3.55. The van der Waals surface area contributed by atoms with Crippen LogP contribution in [0, 0.1) is 0 Å². The first-order chi connectivity index (χ1) is 22.2. The van der Waals surface area contributed by atoms with Crippen LogP contribution < -0.4 is 23.7 Å². The number of benzene rings is 2. The van der Waals surface area contributed by atoms with Gasteiger partial charge in [-0.1, -0.05) is 90.4 Å². The minimum absolute atomic E-state index is 0.180. The van der Waals surface area contributed by atoms with Gasteiger partial charge in [-0.05, 0) is 48.2 Å². The minimum Gasteiger partial charge on any atom is -0.493 e. The number of hydrogen-bond acceptors (Lipinski definition) is 8. The highest BCUT2D eigenvalue weighted by Gasteiger charge is 2.31. The van der Waals surface area contributed by atoms with Crippen LogP contribution in [0.3, 0.4) is 0 Å². The molecule has 0 spiro atoms. The molecule has 0 bridgehead atoms. The molecule has 1 unspecified atom stereocenters. The Morgan fingerprint density at radius 2 is 1.20 bits per heavy atom. The summed E-state index contributed by atoms with van der Waals surface area (Å²) in [4.78, 5) is 0. The van der Waals surface area contributed by atoms with Gasteiger partial charge in [-0.3, -0.25) is 0 Å². The molecule has 8 heteroatoms. The van der Waals surface area contributed by atoms with Gasteiger partial charge in [0.2, 0.25) is 12.5 Å². The second kappa shape index (κ2) is 19.7. The van der Waals surface area contributed by atoms with Crippen LogP contribution in [-0.2, 0) is 14.2 Å². The van der Waals surface area contributed by atoms with Crippen molar-refractivity contribution in [2.45, 2.75) is 116 Å². The van der Waals surface area contributed by atoms with Crippen molar-refractivity contribution in [3.63, 3.8) is 0 Å². The first-order valence-electron chi connectivity index (χ1n) is 17.3. The third-order valence-electron chi connectivity index (χ3n) is 8.71. The van der Waals surface area contributed by atoms with Crippen molar-refractivity contribution >= 4 is 0 Å². The molecule has 0 aromatic heterocycles.